The summed E-state index contributed by atoms with van der Waals surface area (Å²) in [4.78, 5) is 27.5. The Balaban J connectivity index is 2.02. The summed E-state index contributed by atoms with van der Waals surface area (Å²) in [7, 11) is 0. The van der Waals surface area contributed by atoms with E-state index in [1.807, 2.05) is 0 Å². The number of nitrogens with one attached hydrogen (secondary N) is 1. The average Bonchev–Trinajstić information content (AvgIpc) is 3.15. The van der Waals surface area contributed by atoms with Gasteiger partial charge in [-0.05, 0) is 32.8 Å². The minimum Gasteiger partial charge on any atom is -0.462 e. The highest BCUT2D eigenvalue weighted by Crippen LogP contribution is 2.30. The Morgan fingerprint density at radius 2 is 1.84 bits per heavy atom. The van der Waals surface area contributed by atoms with E-state index >= 15 is 0 Å². The van der Waals surface area contributed by atoms with Gasteiger partial charge in [0.2, 0.25) is 0 Å². The second kappa shape index (κ2) is 9.40. The van der Waals surface area contributed by atoms with Gasteiger partial charge in [-0.15, -0.1) is 10.2 Å². The normalized spacial score (nSPS) is 10.9. The van der Waals surface area contributed by atoms with Crippen LogP contribution in [0.2, 0.25) is 0 Å². The van der Waals surface area contributed by atoms with Crippen molar-refractivity contribution in [1.29, 1.82) is 0 Å². The lowest BCUT2D eigenvalue weighted by Gasteiger charge is -2.02. The highest BCUT2D eigenvalue weighted by atomic mass is 32.2. The molecule has 9 heteroatoms. The van der Waals surface area contributed by atoms with Gasteiger partial charge in [-0.1, -0.05) is 41.8 Å². The SMILES string of the molecule is CCCSc1nnc(SCC(=O)c2[nH]c(C)c(C(=O)OCC)c2C)s1. The number of aryl methyl sites for hydroxylation is 1. The second-order valence-electron chi connectivity index (χ2n) is 5.24. The number of carbonyl (C=O) groups is 2. The van der Waals surface area contributed by atoms with E-state index in [0.717, 1.165) is 20.9 Å². The van der Waals surface area contributed by atoms with Crippen molar-refractivity contribution >= 4 is 46.6 Å². The molecule has 1 N–H and O–H groups in total. The van der Waals surface area contributed by atoms with Crippen LogP contribution >= 0.6 is 34.9 Å². The van der Waals surface area contributed by atoms with Crippen molar-refractivity contribution in [3.63, 3.8) is 0 Å². The van der Waals surface area contributed by atoms with Gasteiger partial charge in [0.05, 0.1) is 23.6 Å². The molecule has 6 nitrogen and oxygen atoms in total. The molecule has 2 aromatic rings. The number of Topliss-reactive ketones (excluding diaryl/α,β-unsaturated/α-hetero) is 1. The van der Waals surface area contributed by atoms with Crippen LogP contribution in [0.1, 0.15) is 52.4 Å². The standard InChI is InChI=1S/C16H21N3O3S3/c1-5-7-23-15-18-19-16(25-15)24-8-11(20)13-9(3)12(10(4)17-13)14(21)22-6-2/h17H,5-8H2,1-4H3. The minimum absolute atomic E-state index is 0.0703. The third-order valence-electron chi connectivity index (χ3n) is 3.34. The van der Waals surface area contributed by atoms with Crippen LogP contribution in [0.4, 0.5) is 0 Å². The number of carbonyl (C=O) groups excluding carboxylic acids is 2. The van der Waals surface area contributed by atoms with E-state index < -0.39 is 5.97 Å². The summed E-state index contributed by atoms with van der Waals surface area (Å²) in [6.07, 6.45) is 1.08. The highest BCUT2D eigenvalue weighted by molar-refractivity contribution is 8.03. The number of nitrogens with zero attached hydrogens (tertiary/aromatic N) is 2. The molecule has 0 saturated heterocycles. The Morgan fingerprint density at radius 3 is 2.48 bits per heavy atom. The number of H-pyrrole nitrogens is 1. The molecule has 0 spiro atoms. The van der Waals surface area contributed by atoms with Crippen LogP contribution < -0.4 is 0 Å². The maximum atomic E-state index is 12.5. The van der Waals surface area contributed by atoms with E-state index in [1.165, 1.54) is 23.1 Å². The van der Waals surface area contributed by atoms with Crippen LogP contribution in [0.15, 0.2) is 8.68 Å². The molecule has 0 amide bonds. The summed E-state index contributed by atoms with van der Waals surface area (Å²) in [6, 6.07) is 0. The first-order valence-corrected chi connectivity index (χ1v) is 10.7. The maximum absolute atomic E-state index is 12.5. The van der Waals surface area contributed by atoms with E-state index in [0.29, 0.717) is 29.1 Å². The van der Waals surface area contributed by atoms with Crippen LogP contribution in [0.25, 0.3) is 0 Å². The van der Waals surface area contributed by atoms with Crippen molar-refractivity contribution in [3.8, 4) is 0 Å². The quantitative estimate of drug-likeness (QED) is 0.385. The number of esters is 1. The Labute approximate surface area is 159 Å². The largest absolute Gasteiger partial charge is 0.462 e. The van der Waals surface area contributed by atoms with Crippen molar-refractivity contribution in [2.75, 3.05) is 18.1 Å². The van der Waals surface area contributed by atoms with Gasteiger partial charge in [0.15, 0.2) is 14.5 Å². The molecule has 2 rings (SSSR count). The lowest BCUT2D eigenvalue weighted by atomic mass is 10.1. The highest BCUT2D eigenvalue weighted by Gasteiger charge is 2.23. The number of aromatic amines is 1. The summed E-state index contributed by atoms with van der Waals surface area (Å²) < 4.78 is 6.75. The Kier molecular flexibility index (Phi) is 7.52. The fourth-order valence-corrected chi connectivity index (χ4v) is 5.06. The van der Waals surface area contributed by atoms with Crippen molar-refractivity contribution < 1.29 is 14.3 Å². The van der Waals surface area contributed by atoms with Crippen molar-refractivity contribution in [2.24, 2.45) is 0 Å². The van der Waals surface area contributed by atoms with Gasteiger partial charge in [-0.25, -0.2) is 4.79 Å². The van der Waals surface area contributed by atoms with Gasteiger partial charge in [-0.2, -0.15) is 0 Å². The number of hydrogen-bond acceptors (Lipinski definition) is 8. The maximum Gasteiger partial charge on any atom is 0.340 e. The van der Waals surface area contributed by atoms with Crippen molar-refractivity contribution in [2.45, 2.75) is 42.8 Å². The molecule has 0 aliphatic carbocycles. The van der Waals surface area contributed by atoms with Crippen LogP contribution in [-0.4, -0.2) is 45.0 Å². The molecule has 0 aliphatic heterocycles. The van der Waals surface area contributed by atoms with Gasteiger partial charge in [0.25, 0.3) is 0 Å². The summed E-state index contributed by atoms with van der Waals surface area (Å²) >= 11 is 4.54. The first-order chi connectivity index (χ1) is 12.0. The number of hydrogen-bond donors (Lipinski definition) is 1. The molecule has 0 bridgehead atoms. The number of rotatable bonds is 9. The number of ether oxygens (including phenoxy) is 1. The van der Waals surface area contributed by atoms with Gasteiger partial charge in [-0.3, -0.25) is 4.79 Å². The van der Waals surface area contributed by atoms with Crippen LogP contribution in [0, 0.1) is 13.8 Å². The minimum atomic E-state index is -0.401. The van der Waals surface area contributed by atoms with E-state index in [4.69, 9.17) is 4.74 Å². The molecular formula is C16H21N3O3S3. The molecule has 2 aromatic heterocycles. The summed E-state index contributed by atoms with van der Waals surface area (Å²) in [5, 5.41) is 8.22. The molecule has 2 heterocycles. The van der Waals surface area contributed by atoms with Crippen molar-refractivity contribution in [1.82, 2.24) is 15.2 Å². The zero-order valence-electron chi connectivity index (χ0n) is 14.7. The zero-order chi connectivity index (χ0) is 18.4. The molecule has 136 valence electrons. The molecule has 0 aliphatic rings. The molecule has 0 fully saturated rings. The Morgan fingerprint density at radius 1 is 1.16 bits per heavy atom. The Hall–Kier alpha value is -1.32. The predicted molar refractivity (Wildman–Crippen MR) is 102 cm³/mol. The van der Waals surface area contributed by atoms with E-state index in [-0.39, 0.29) is 11.5 Å². The van der Waals surface area contributed by atoms with E-state index in [1.54, 1.807) is 32.5 Å². The topological polar surface area (TPSA) is 84.9 Å². The van der Waals surface area contributed by atoms with Crippen LogP contribution in [0.5, 0.6) is 0 Å². The molecule has 0 unspecified atom stereocenters. The third kappa shape index (κ3) is 5.08. The second-order valence-corrected chi connectivity index (χ2v) is 8.78. The molecular weight excluding hydrogens is 378 g/mol. The predicted octanol–water partition coefficient (Wildman–Crippen LogP) is 4.14. The lowest BCUT2D eigenvalue weighted by Crippen LogP contribution is -2.08. The molecule has 0 atom stereocenters. The Bertz CT molecular complexity index is 755. The van der Waals surface area contributed by atoms with Crippen LogP contribution in [-0.2, 0) is 4.74 Å². The van der Waals surface area contributed by atoms with Gasteiger partial charge >= 0.3 is 5.97 Å². The molecule has 0 aromatic carbocycles. The average molecular weight is 400 g/mol. The van der Waals surface area contributed by atoms with Gasteiger partial charge < -0.3 is 9.72 Å². The van der Waals surface area contributed by atoms with Crippen molar-refractivity contribution in [3.05, 3.63) is 22.5 Å². The lowest BCUT2D eigenvalue weighted by molar-refractivity contribution is 0.0525. The smallest absolute Gasteiger partial charge is 0.340 e. The number of thioether (sulfide) groups is 2. The molecule has 0 radical (unpaired) electrons. The van der Waals surface area contributed by atoms with Crippen LogP contribution in [0.3, 0.4) is 0 Å². The van der Waals surface area contributed by atoms with E-state index in [9.17, 15) is 9.59 Å². The number of aromatic nitrogens is 3. The fourth-order valence-electron chi connectivity index (χ4n) is 2.24. The van der Waals surface area contributed by atoms with Gasteiger partial charge in [0.1, 0.15) is 0 Å². The van der Waals surface area contributed by atoms with Gasteiger partial charge in [0, 0.05) is 11.4 Å². The first-order valence-electron chi connectivity index (χ1n) is 7.96. The third-order valence-corrected chi connectivity index (χ3v) is 6.74. The molecule has 0 saturated carbocycles. The summed E-state index contributed by atoms with van der Waals surface area (Å²) in [6.45, 7) is 7.71. The first kappa shape index (κ1) is 20.0. The fraction of sp³-hybridized carbons (Fsp3) is 0.500. The summed E-state index contributed by atoms with van der Waals surface area (Å²) in [5.74, 6) is 0.785. The monoisotopic (exact) mass is 399 g/mol. The summed E-state index contributed by atoms with van der Waals surface area (Å²) in [5.41, 5.74) is 2.19. The zero-order valence-corrected chi connectivity index (χ0v) is 17.1. The number of ketones is 1. The van der Waals surface area contributed by atoms with E-state index in [2.05, 4.69) is 22.1 Å². The molecule has 25 heavy (non-hydrogen) atoms.